The first-order valence-corrected chi connectivity index (χ1v) is 13.0. The van der Waals surface area contributed by atoms with Crippen molar-refractivity contribution >= 4 is 11.9 Å². The van der Waals surface area contributed by atoms with Gasteiger partial charge in [0.15, 0.2) is 0 Å². The lowest BCUT2D eigenvalue weighted by molar-refractivity contribution is 0.0762. The van der Waals surface area contributed by atoms with Gasteiger partial charge in [0.2, 0.25) is 0 Å². The molecule has 3 amide bonds. The van der Waals surface area contributed by atoms with Crippen LogP contribution in [0, 0.1) is 6.92 Å². The lowest BCUT2D eigenvalue weighted by atomic mass is 10.1. The number of nitrogens with zero attached hydrogens (tertiary/aromatic N) is 4. The lowest BCUT2D eigenvalue weighted by Gasteiger charge is -2.34. The molecule has 0 atom stereocenters. The Hall–Kier alpha value is -2.90. The average Bonchev–Trinajstić information content (AvgIpc) is 3.14. The van der Waals surface area contributed by atoms with Crippen molar-refractivity contribution in [3.8, 4) is 0 Å². The van der Waals surface area contributed by atoms with Crippen LogP contribution in [0.15, 0.2) is 54.6 Å². The molecular weight excluding hydrogens is 438 g/mol. The molecule has 2 fully saturated rings. The number of carbonyl (C=O) groups excluding carboxylic acids is 2. The molecule has 0 unspecified atom stereocenters. The van der Waals surface area contributed by atoms with Gasteiger partial charge in [0, 0.05) is 71.0 Å². The number of piperazine rings is 1. The maximum Gasteiger partial charge on any atom is 0.317 e. The van der Waals surface area contributed by atoms with E-state index in [-0.39, 0.29) is 11.9 Å². The highest BCUT2D eigenvalue weighted by molar-refractivity contribution is 5.94. The van der Waals surface area contributed by atoms with E-state index in [0.717, 1.165) is 63.2 Å². The van der Waals surface area contributed by atoms with Crippen molar-refractivity contribution in [1.29, 1.82) is 0 Å². The van der Waals surface area contributed by atoms with Crippen LogP contribution in [0.4, 0.5) is 4.79 Å². The Morgan fingerprint density at radius 3 is 2.29 bits per heavy atom. The van der Waals surface area contributed by atoms with E-state index < -0.39 is 0 Å². The molecule has 0 saturated carbocycles. The molecule has 7 heteroatoms. The van der Waals surface area contributed by atoms with Crippen molar-refractivity contribution in [2.75, 3.05) is 65.4 Å². The summed E-state index contributed by atoms with van der Waals surface area (Å²) < 4.78 is 0. The summed E-state index contributed by atoms with van der Waals surface area (Å²) in [5.41, 5.74) is 3.18. The Morgan fingerprint density at radius 1 is 0.800 bits per heavy atom. The smallest absolute Gasteiger partial charge is 0.317 e. The fraction of sp³-hybridized carbons (Fsp3) is 0.500. The zero-order valence-electron chi connectivity index (χ0n) is 21.0. The monoisotopic (exact) mass is 477 g/mol. The predicted octanol–water partition coefficient (Wildman–Crippen LogP) is 3.06. The highest BCUT2D eigenvalue weighted by Gasteiger charge is 2.23. The average molecular weight is 478 g/mol. The minimum Gasteiger partial charge on any atom is -0.338 e. The van der Waals surface area contributed by atoms with E-state index in [1.54, 1.807) is 0 Å². The van der Waals surface area contributed by atoms with Gasteiger partial charge < -0.3 is 20.0 Å². The molecule has 2 heterocycles. The van der Waals surface area contributed by atoms with Gasteiger partial charge in [-0.3, -0.25) is 9.69 Å². The normalized spacial score (nSPS) is 17.7. The van der Waals surface area contributed by atoms with Crippen LogP contribution in [-0.2, 0) is 6.54 Å². The van der Waals surface area contributed by atoms with Crippen LogP contribution in [-0.4, -0.2) is 97.0 Å². The number of rotatable bonds is 7. The zero-order valence-corrected chi connectivity index (χ0v) is 21.0. The number of hydrogen-bond donors (Lipinski definition) is 1. The van der Waals surface area contributed by atoms with E-state index in [4.69, 9.17) is 0 Å². The number of carbonyl (C=O) groups is 2. The maximum atomic E-state index is 12.9. The first kappa shape index (κ1) is 25.2. The molecule has 2 aromatic rings. The van der Waals surface area contributed by atoms with Gasteiger partial charge in [-0.2, -0.15) is 0 Å². The molecule has 2 saturated heterocycles. The van der Waals surface area contributed by atoms with Crippen LogP contribution in [0.3, 0.4) is 0 Å². The second kappa shape index (κ2) is 12.7. The van der Waals surface area contributed by atoms with Crippen molar-refractivity contribution in [2.45, 2.75) is 26.3 Å². The van der Waals surface area contributed by atoms with Crippen molar-refractivity contribution in [3.63, 3.8) is 0 Å². The summed E-state index contributed by atoms with van der Waals surface area (Å²) in [6.07, 6.45) is 1.76. The summed E-state index contributed by atoms with van der Waals surface area (Å²) in [6.45, 7) is 11.6. The number of urea groups is 1. The highest BCUT2D eigenvalue weighted by atomic mass is 16.2. The molecule has 2 aliphatic rings. The van der Waals surface area contributed by atoms with E-state index in [0.29, 0.717) is 32.7 Å². The van der Waals surface area contributed by atoms with Crippen LogP contribution in [0.25, 0.3) is 0 Å². The zero-order chi connectivity index (χ0) is 24.5. The van der Waals surface area contributed by atoms with Crippen LogP contribution in [0.5, 0.6) is 0 Å². The summed E-state index contributed by atoms with van der Waals surface area (Å²) in [7, 11) is 0. The minimum atomic E-state index is -0.0115. The van der Waals surface area contributed by atoms with Crippen LogP contribution < -0.4 is 5.32 Å². The predicted molar refractivity (Wildman–Crippen MR) is 139 cm³/mol. The molecule has 35 heavy (non-hydrogen) atoms. The van der Waals surface area contributed by atoms with E-state index >= 15 is 0 Å². The van der Waals surface area contributed by atoms with Crippen molar-refractivity contribution in [1.82, 2.24) is 24.9 Å². The Bertz CT molecular complexity index is 959. The summed E-state index contributed by atoms with van der Waals surface area (Å²) in [5.74, 6) is 0.0554. The fourth-order valence-electron chi connectivity index (χ4n) is 4.91. The third kappa shape index (κ3) is 7.54. The number of benzene rings is 2. The lowest BCUT2D eigenvalue weighted by Crippen LogP contribution is -2.47. The molecular formula is C28H39N5O2. The molecule has 0 radical (unpaired) electrons. The first-order chi connectivity index (χ1) is 17.1. The quantitative estimate of drug-likeness (QED) is 0.623. The topological polar surface area (TPSA) is 59.1 Å². The van der Waals surface area contributed by atoms with E-state index in [2.05, 4.69) is 45.4 Å². The fourth-order valence-corrected chi connectivity index (χ4v) is 4.91. The highest BCUT2D eigenvalue weighted by Crippen LogP contribution is 2.12. The molecule has 188 valence electrons. The summed E-state index contributed by atoms with van der Waals surface area (Å²) in [4.78, 5) is 34.3. The maximum absolute atomic E-state index is 12.9. The van der Waals surface area contributed by atoms with Gasteiger partial charge in [0.05, 0.1) is 0 Å². The SMILES string of the molecule is Cc1cccc(C(=O)N2CCCN(C(=O)NCCCN3CCN(Cc4ccccc4)CC3)CC2)c1. The van der Waals surface area contributed by atoms with Crippen molar-refractivity contribution in [3.05, 3.63) is 71.3 Å². The molecule has 1 N–H and O–H groups in total. The second-order valence-corrected chi connectivity index (χ2v) is 9.69. The van der Waals surface area contributed by atoms with Gasteiger partial charge in [-0.1, -0.05) is 48.0 Å². The van der Waals surface area contributed by atoms with Gasteiger partial charge in [0.25, 0.3) is 5.91 Å². The molecule has 4 rings (SSSR count). The Morgan fingerprint density at radius 2 is 1.51 bits per heavy atom. The van der Waals surface area contributed by atoms with Crippen LogP contribution in [0.2, 0.25) is 0 Å². The summed E-state index contributed by atoms with van der Waals surface area (Å²) >= 11 is 0. The number of aryl methyl sites for hydroxylation is 1. The van der Waals surface area contributed by atoms with Crippen LogP contribution in [0.1, 0.15) is 34.3 Å². The molecule has 2 aliphatic heterocycles. The Balaban J connectivity index is 1.11. The third-order valence-electron chi connectivity index (χ3n) is 6.98. The van der Waals surface area contributed by atoms with E-state index in [9.17, 15) is 9.59 Å². The second-order valence-electron chi connectivity index (χ2n) is 9.69. The molecule has 0 spiro atoms. The summed E-state index contributed by atoms with van der Waals surface area (Å²) in [6, 6.07) is 18.4. The van der Waals surface area contributed by atoms with Crippen LogP contribution >= 0.6 is 0 Å². The summed E-state index contributed by atoms with van der Waals surface area (Å²) in [5, 5.41) is 3.09. The third-order valence-corrected chi connectivity index (χ3v) is 6.98. The minimum absolute atomic E-state index is 0.0115. The number of amides is 3. The van der Waals surface area contributed by atoms with Crippen molar-refractivity contribution < 1.29 is 9.59 Å². The van der Waals surface area contributed by atoms with E-state index in [1.165, 1.54) is 5.56 Å². The number of nitrogens with one attached hydrogen (secondary N) is 1. The number of hydrogen-bond acceptors (Lipinski definition) is 4. The van der Waals surface area contributed by atoms with Crippen molar-refractivity contribution in [2.24, 2.45) is 0 Å². The van der Waals surface area contributed by atoms with Gasteiger partial charge >= 0.3 is 6.03 Å². The standard InChI is InChI=1S/C28H39N5O2/c1-24-8-5-11-26(22-24)27(34)32-14-7-15-33(21-20-32)28(35)29-12-6-13-30-16-18-31(19-17-30)23-25-9-3-2-4-10-25/h2-5,8-11,22H,6-7,12-21,23H2,1H3,(H,29,35). The van der Waals surface area contributed by atoms with E-state index in [1.807, 2.05) is 41.0 Å². The van der Waals surface area contributed by atoms with Gasteiger partial charge in [-0.25, -0.2) is 4.79 Å². The molecule has 0 bridgehead atoms. The Labute approximate surface area is 209 Å². The molecule has 0 aromatic heterocycles. The van der Waals surface area contributed by atoms with Gasteiger partial charge in [-0.05, 0) is 44.0 Å². The molecule has 0 aliphatic carbocycles. The van der Waals surface area contributed by atoms with Gasteiger partial charge in [-0.15, -0.1) is 0 Å². The Kier molecular flexibility index (Phi) is 9.15. The molecule has 2 aromatic carbocycles. The molecule has 7 nitrogen and oxygen atoms in total. The largest absolute Gasteiger partial charge is 0.338 e. The van der Waals surface area contributed by atoms with Gasteiger partial charge in [0.1, 0.15) is 0 Å². The first-order valence-electron chi connectivity index (χ1n) is 13.0.